The molecule has 0 aliphatic rings. The van der Waals surface area contributed by atoms with Crippen LogP contribution in [-0.2, 0) is 16.1 Å². The first-order valence-electron chi connectivity index (χ1n) is 7.96. The third-order valence-electron chi connectivity index (χ3n) is 3.30. The maximum atomic E-state index is 11.9. The molecule has 0 unspecified atom stereocenters. The quantitative estimate of drug-likeness (QED) is 0.792. The molecule has 0 saturated heterocycles. The van der Waals surface area contributed by atoms with E-state index in [0.717, 1.165) is 11.3 Å². The molecule has 0 aliphatic carbocycles. The summed E-state index contributed by atoms with van der Waals surface area (Å²) in [6.45, 7) is 4.13. The van der Waals surface area contributed by atoms with Gasteiger partial charge >= 0.3 is 11.8 Å². The number of ether oxygens (including phenoxy) is 2. The van der Waals surface area contributed by atoms with Crippen LogP contribution in [-0.4, -0.2) is 25.0 Å². The molecule has 2 rings (SSSR count). The molecule has 25 heavy (non-hydrogen) atoms. The summed E-state index contributed by atoms with van der Waals surface area (Å²) in [5.74, 6) is 0.0269. The predicted molar refractivity (Wildman–Crippen MR) is 95.7 cm³/mol. The summed E-state index contributed by atoms with van der Waals surface area (Å²) in [5, 5.41) is 5.13. The van der Waals surface area contributed by atoms with Crippen LogP contribution in [0.15, 0.2) is 48.5 Å². The molecule has 0 spiro atoms. The average Bonchev–Trinajstić information content (AvgIpc) is 2.61. The molecular formula is C19H22N2O4. The molecule has 2 amide bonds. The minimum absolute atomic E-state index is 0.0733. The van der Waals surface area contributed by atoms with Crippen LogP contribution < -0.4 is 20.1 Å². The number of methoxy groups -OCH3 is 1. The normalized spacial score (nSPS) is 10.2. The van der Waals surface area contributed by atoms with Crippen molar-refractivity contribution >= 4 is 17.5 Å². The monoisotopic (exact) mass is 342 g/mol. The van der Waals surface area contributed by atoms with Crippen molar-refractivity contribution in [2.45, 2.75) is 26.5 Å². The van der Waals surface area contributed by atoms with Gasteiger partial charge in [-0.05, 0) is 55.8 Å². The summed E-state index contributed by atoms with van der Waals surface area (Å²) in [7, 11) is 1.59. The van der Waals surface area contributed by atoms with Gasteiger partial charge in [-0.2, -0.15) is 0 Å². The molecule has 2 N–H and O–H groups in total. The minimum atomic E-state index is -0.717. The lowest BCUT2D eigenvalue weighted by molar-refractivity contribution is -0.136. The third-order valence-corrected chi connectivity index (χ3v) is 3.30. The van der Waals surface area contributed by atoms with E-state index in [4.69, 9.17) is 9.47 Å². The van der Waals surface area contributed by atoms with Crippen LogP contribution in [0.2, 0.25) is 0 Å². The first-order chi connectivity index (χ1) is 12.0. The van der Waals surface area contributed by atoms with Crippen molar-refractivity contribution in [3.63, 3.8) is 0 Å². The van der Waals surface area contributed by atoms with Crippen molar-refractivity contribution in [2.75, 3.05) is 12.4 Å². The van der Waals surface area contributed by atoms with Gasteiger partial charge in [0.15, 0.2) is 0 Å². The van der Waals surface area contributed by atoms with E-state index >= 15 is 0 Å². The average molecular weight is 342 g/mol. The zero-order valence-electron chi connectivity index (χ0n) is 14.5. The van der Waals surface area contributed by atoms with Gasteiger partial charge in [-0.1, -0.05) is 12.1 Å². The van der Waals surface area contributed by atoms with E-state index in [9.17, 15) is 9.59 Å². The zero-order chi connectivity index (χ0) is 18.2. The Balaban J connectivity index is 1.84. The summed E-state index contributed by atoms with van der Waals surface area (Å²) in [6, 6.07) is 14.1. The number of amides is 2. The third kappa shape index (κ3) is 5.84. The van der Waals surface area contributed by atoms with Crippen LogP contribution >= 0.6 is 0 Å². The molecule has 132 valence electrons. The fourth-order valence-corrected chi connectivity index (χ4v) is 2.08. The van der Waals surface area contributed by atoms with Gasteiger partial charge in [-0.3, -0.25) is 9.59 Å². The lowest BCUT2D eigenvalue weighted by Crippen LogP contribution is -2.34. The number of hydrogen-bond donors (Lipinski definition) is 2. The maximum absolute atomic E-state index is 11.9. The highest BCUT2D eigenvalue weighted by Crippen LogP contribution is 2.17. The highest BCUT2D eigenvalue weighted by Gasteiger charge is 2.13. The second kappa shape index (κ2) is 8.73. The summed E-state index contributed by atoms with van der Waals surface area (Å²) in [6.07, 6.45) is 0.0733. The summed E-state index contributed by atoms with van der Waals surface area (Å²) < 4.78 is 10.6. The van der Waals surface area contributed by atoms with Gasteiger partial charge in [0.1, 0.15) is 11.5 Å². The van der Waals surface area contributed by atoms with Gasteiger partial charge in [-0.15, -0.1) is 0 Å². The van der Waals surface area contributed by atoms with E-state index in [-0.39, 0.29) is 12.6 Å². The summed E-state index contributed by atoms with van der Waals surface area (Å²) >= 11 is 0. The van der Waals surface area contributed by atoms with Gasteiger partial charge in [0, 0.05) is 12.2 Å². The molecule has 2 aromatic carbocycles. The SMILES string of the molecule is COc1ccc(CNC(=O)C(=O)Nc2ccc(OC(C)C)cc2)cc1. The van der Waals surface area contributed by atoms with E-state index in [1.165, 1.54) is 0 Å². The van der Waals surface area contributed by atoms with E-state index in [1.807, 2.05) is 26.0 Å². The fraction of sp³-hybridized carbons (Fsp3) is 0.263. The molecular weight excluding hydrogens is 320 g/mol. The van der Waals surface area contributed by atoms with Crippen molar-refractivity contribution in [2.24, 2.45) is 0 Å². The predicted octanol–water partition coefficient (Wildman–Crippen LogP) is 2.74. The minimum Gasteiger partial charge on any atom is -0.497 e. The summed E-state index contributed by atoms with van der Waals surface area (Å²) in [4.78, 5) is 23.8. The highest BCUT2D eigenvalue weighted by molar-refractivity contribution is 6.39. The van der Waals surface area contributed by atoms with Crippen LogP contribution in [0.25, 0.3) is 0 Å². The molecule has 0 aliphatic heterocycles. The van der Waals surface area contributed by atoms with Crippen LogP contribution in [0.5, 0.6) is 11.5 Å². The van der Waals surface area contributed by atoms with Crippen molar-refractivity contribution in [1.82, 2.24) is 5.32 Å². The van der Waals surface area contributed by atoms with Gasteiger partial charge < -0.3 is 20.1 Å². The number of carbonyl (C=O) groups excluding carboxylic acids is 2. The molecule has 0 saturated carbocycles. The first-order valence-corrected chi connectivity index (χ1v) is 7.96. The van der Waals surface area contributed by atoms with E-state index in [1.54, 1.807) is 43.5 Å². The van der Waals surface area contributed by atoms with Crippen molar-refractivity contribution in [1.29, 1.82) is 0 Å². The van der Waals surface area contributed by atoms with E-state index in [0.29, 0.717) is 11.4 Å². The highest BCUT2D eigenvalue weighted by atomic mass is 16.5. The Labute approximate surface area is 147 Å². The second-order valence-electron chi connectivity index (χ2n) is 5.68. The van der Waals surface area contributed by atoms with Crippen LogP contribution in [0.4, 0.5) is 5.69 Å². The van der Waals surface area contributed by atoms with Crippen LogP contribution in [0, 0.1) is 0 Å². The Morgan fingerprint density at radius 2 is 1.52 bits per heavy atom. The first kappa shape index (κ1) is 18.3. The van der Waals surface area contributed by atoms with Gasteiger partial charge in [0.05, 0.1) is 13.2 Å². The van der Waals surface area contributed by atoms with Gasteiger partial charge in [0.25, 0.3) is 0 Å². The molecule has 0 aromatic heterocycles. The van der Waals surface area contributed by atoms with Crippen molar-refractivity contribution < 1.29 is 19.1 Å². The maximum Gasteiger partial charge on any atom is 0.313 e. The molecule has 0 bridgehead atoms. The largest absolute Gasteiger partial charge is 0.497 e. The molecule has 0 fully saturated rings. The smallest absolute Gasteiger partial charge is 0.313 e. The second-order valence-corrected chi connectivity index (χ2v) is 5.68. The van der Waals surface area contributed by atoms with Crippen LogP contribution in [0.3, 0.4) is 0 Å². The van der Waals surface area contributed by atoms with Crippen molar-refractivity contribution in [3.8, 4) is 11.5 Å². The number of anilines is 1. The van der Waals surface area contributed by atoms with Crippen LogP contribution in [0.1, 0.15) is 19.4 Å². The molecule has 6 nitrogen and oxygen atoms in total. The van der Waals surface area contributed by atoms with Crippen molar-refractivity contribution in [3.05, 3.63) is 54.1 Å². The van der Waals surface area contributed by atoms with E-state index in [2.05, 4.69) is 10.6 Å². The number of hydrogen-bond acceptors (Lipinski definition) is 4. The lowest BCUT2D eigenvalue weighted by Gasteiger charge is -2.11. The number of benzene rings is 2. The lowest BCUT2D eigenvalue weighted by atomic mass is 10.2. The topological polar surface area (TPSA) is 76.7 Å². The van der Waals surface area contributed by atoms with Gasteiger partial charge in [-0.25, -0.2) is 0 Å². The van der Waals surface area contributed by atoms with Gasteiger partial charge in [0.2, 0.25) is 0 Å². The Kier molecular flexibility index (Phi) is 6.39. The fourth-order valence-electron chi connectivity index (χ4n) is 2.08. The Hall–Kier alpha value is -3.02. The Morgan fingerprint density at radius 1 is 0.920 bits per heavy atom. The standard InChI is InChI=1S/C19H22N2O4/c1-13(2)25-17-10-6-15(7-11-17)21-19(23)18(22)20-12-14-4-8-16(24-3)9-5-14/h4-11,13H,12H2,1-3H3,(H,20,22)(H,21,23). The van der Waals surface area contributed by atoms with E-state index < -0.39 is 11.8 Å². The molecule has 0 heterocycles. The molecule has 6 heteroatoms. The Bertz CT molecular complexity index is 709. The summed E-state index contributed by atoms with van der Waals surface area (Å²) in [5.41, 5.74) is 1.40. The molecule has 0 atom stereocenters. The Morgan fingerprint density at radius 3 is 2.08 bits per heavy atom. The number of carbonyl (C=O) groups is 2. The number of nitrogens with one attached hydrogen (secondary N) is 2. The molecule has 2 aromatic rings. The number of rotatable bonds is 6. The molecule has 0 radical (unpaired) electrons. The zero-order valence-corrected chi connectivity index (χ0v) is 14.5.